The first-order chi connectivity index (χ1) is 12.4. The summed E-state index contributed by atoms with van der Waals surface area (Å²) in [6.45, 7) is 26.4. The van der Waals surface area contributed by atoms with Gasteiger partial charge in [-0.2, -0.15) is 0 Å². The van der Waals surface area contributed by atoms with E-state index in [9.17, 15) is 5.11 Å². The predicted octanol–water partition coefficient (Wildman–Crippen LogP) is 5.95. The first kappa shape index (κ1) is 27.4. The van der Waals surface area contributed by atoms with Crippen LogP contribution in [0.3, 0.4) is 0 Å². The first-order valence-corrected chi connectivity index (χ1v) is 16.2. The molecule has 0 amide bonds. The SMILES string of the molecule is C[C@@H](CC#CC(O)C#CC[C@H](C)O[Si](C)(C)C(C)(C)C)O[Si](C)(C)C(C)(C)C. The Kier molecular flexibility index (Phi) is 10.2. The lowest BCUT2D eigenvalue weighted by atomic mass is 10.2. The molecule has 162 valence electrons. The van der Waals surface area contributed by atoms with E-state index in [2.05, 4.69) is 91.4 Å². The summed E-state index contributed by atoms with van der Waals surface area (Å²) < 4.78 is 12.6. The second-order valence-corrected chi connectivity index (χ2v) is 20.3. The third-order valence-corrected chi connectivity index (χ3v) is 15.1. The topological polar surface area (TPSA) is 38.7 Å². The molecule has 28 heavy (non-hydrogen) atoms. The van der Waals surface area contributed by atoms with Crippen LogP contribution in [0.1, 0.15) is 68.2 Å². The molecule has 0 aliphatic carbocycles. The molecule has 0 saturated heterocycles. The van der Waals surface area contributed by atoms with Crippen LogP contribution in [0.15, 0.2) is 0 Å². The number of hydrogen-bond donors (Lipinski definition) is 1. The maximum Gasteiger partial charge on any atom is 0.192 e. The van der Waals surface area contributed by atoms with Crippen molar-refractivity contribution < 1.29 is 14.0 Å². The third-order valence-electron chi connectivity index (χ3n) is 5.86. The summed E-state index contributed by atoms with van der Waals surface area (Å²) in [4.78, 5) is 0. The lowest BCUT2D eigenvalue weighted by molar-refractivity contribution is 0.204. The van der Waals surface area contributed by atoms with E-state index < -0.39 is 22.7 Å². The van der Waals surface area contributed by atoms with Gasteiger partial charge in [-0.1, -0.05) is 65.2 Å². The second-order valence-electron chi connectivity index (χ2n) is 10.8. The van der Waals surface area contributed by atoms with Crippen LogP contribution in [0, 0.1) is 23.7 Å². The Morgan fingerprint density at radius 1 is 0.714 bits per heavy atom. The van der Waals surface area contributed by atoms with E-state index in [-0.39, 0.29) is 22.3 Å². The van der Waals surface area contributed by atoms with Gasteiger partial charge in [-0.25, -0.2) is 0 Å². The number of aliphatic hydroxyl groups is 1. The molecular formula is C23H44O3Si2. The molecule has 0 fully saturated rings. The molecule has 5 heteroatoms. The van der Waals surface area contributed by atoms with Crippen molar-refractivity contribution in [1.82, 2.24) is 0 Å². The van der Waals surface area contributed by atoms with Crippen molar-refractivity contribution in [2.75, 3.05) is 0 Å². The van der Waals surface area contributed by atoms with Crippen molar-refractivity contribution in [1.29, 1.82) is 0 Å². The van der Waals surface area contributed by atoms with Gasteiger partial charge in [0.1, 0.15) is 0 Å². The summed E-state index contributed by atoms with van der Waals surface area (Å²) in [6, 6.07) is 0. The Labute approximate surface area is 177 Å². The quantitative estimate of drug-likeness (QED) is 0.422. The van der Waals surface area contributed by atoms with Gasteiger partial charge in [0.15, 0.2) is 22.7 Å². The molecule has 0 unspecified atom stereocenters. The van der Waals surface area contributed by atoms with Crippen LogP contribution < -0.4 is 0 Å². The Balaban J connectivity index is 4.55. The standard InChI is InChI=1S/C23H44O3Si2/c1-19(25-27(9,10)22(3,4)5)15-13-17-21(24)18-14-16-20(2)26-28(11,12)23(6,7)8/h19-21,24H,15-16H2,1-12H3/t19-,20-/m0/s1. The molecule has 0 bridgehead atoms. The van der Waals surface area contributed by atoms with Crippen molar-refractivity contribution >= 4 is 16.6 Å². The van der Waals surface area contributed by atoms with E-state index in [0.29, 0.717) is 12.8 Å². The van der Waals surface area contributed by atoms with Gasteiger partial charge in [0.05, 0.1) is 12.2 Å². The zero-order valence-electron chi connectivity index (χ0n) is 20.4. The van der Waals surface area contributed by atoms with Gasteiger partial charge in [0.25, 0.3) is 0 Å². The van der Waals surface area contributed by atoms with E-state index in [0.717, 1.165) is 0 Å². The van der Waals surface area contributed by atoms with Crippen molar-refractivity contribution in [2.45, 2.75) is 123 Å². The minimum atomic E-state index is -1.78. The van der Waals surface area contributed by atoms with Crippen LogP contribution in [0.2, 0.25) is 36.3 Å². The molecule has 1 N–H and O–H groups in total. The maximum absolute atomic E-state index is 9.99. The summed E-state index contributed by atoms with van der Waals surface area (Å²) in [5.41, 5.74) is 0. The molecule has 0 aliphatic heterocycles. The van der Waals surface area contributed by atoms with Crippen LogP contribution in [0.5, 0.6) is 0 Å². The molecule has 3 nitrogen and oxygen atoms in total. The Morgan fingerprint density at radius 2 is 1.00 bits per heavy atom. The largest absolute Gasteiger partial charge is 0.413 e. The lowest BCUT2D eigenvalue weighted by Crippen LogP contribution is -2.43. The molecule has 0 spiro atoms. The number of hydrogen-bond acceptors (Lipinski definition) is 3. The van der Waals surface area contributed by atoms with Crippen LogP contribution in [-0.4, -0.2) is 40.1 Å². The fourth-order valence-electron chi connectivity index (χ4n) is 2.08. The smallest absolute Gasteiger partial charge is 0.192 e. The highest BCUT2D eigenvalue weighted by molar-refractivity contribution is 6.74. The highest BCUT2D eigenvalue weighted by Crippen LogP contribution is 2.38. The number of aliphatic hydroxyl groups excluding tert-OH is 1. The third kappa shape index (κ3) is 9.76. The van der Waals surface area contributed by atoms with E-state index in [4.69, 9.17) is 8.85 Å². The summed E-state index contributed by atoms with van der Waals surface area (Å²) in [5, 5.41) is 10.4. The van der Waals surface area contributed by atoms with Gasteiger partial charge in [-0.3, -0.25) is 0 Å². The Morgan fingerprint density at radius 3 is 1.25 bits per heavy atom. The fraction of sp³-hybridized carbons (Fsp3) is 0.826. The summed E-state index contributed by atoms with van der Waals surface area (Å²) in [6.07, 6.45) is 0.421. The van der Waals surface area contributed by atoms with E-state index in [1.165, 1.54) is 0 Å². The molecule has 0 radical (unpaired) electrons. The van der Waals surface area contributed by atoms with Crippen LogP contribution in [-0.2, 0) is 8.85 Å². The monoisotopic (exact) mass is 424 g/mol. The highest BCUT2D eigenvalue weighted by Gasteiger charge is 2.39. The average Bonchev–Trinajstić information content (AvgIpc) is 2.43. The van der Waals surface area contributed by atoms with Crippen molar-refractivity contribution in [2.24, 2.45) is 0 Å². The molecule has 0 rings (SSSR count). The van der Waals surface area contributed by atoms with Gasteiger partial charge < -0.3 is 14.0 Å². The summed E-state index contributed by atoms with van der Waals surface area (Å²) >= 11 is 0. The van der Waals surface area contributed by atoms with E-state index in [1.807, 2.05) is 13.8 Å². The highest BCUT2D eigenvalue weighted by atomic mass is 28.4. The van der Waals surface area contributed by atoms with Gasteiger partial charge in [0, 0.05) is 12.8 Å². The molecule has 0 aliphatic rings. The van der Waals surface area contributed by atoms with E-state index in [1.54, 1.807) is 0 Å². The second kappa shape index (κ2) is 10.5. The first-order valence-electron chi connectivity index (χ1n) is 10.4. The summed E-state index contributed by atoms with van der Waals surface area (Å²) in [5.74, 6) is 11.7. The minimum absolute atomic E-state index is 0.0616. The lowest BCUT2D eigenvalue weighted by Gasteiger charge is -2.38. The predicted molar refractivity (Wildman–Crippen MR) is 126 cm³/mol. The van der Waals surface area contributed by atoms with Gasteiger partial charge in [-0.05, 0) is 50.1 Å². The van der Waals surface area contributed by atoms with Crippen LogP contribution in [0.4, 0.5) is 0 Å². The molecule has 0 saturated carbocycles. The van der Waals surface area contributed by atoms with Crippen molar-refractivity contribution in [3.8, 4) is 23.7 Å². The molecule has 2 atom stereocenters. The van der Waals surface area contributed by atoms with Gasteiger partial charge in [-0.15, -0.1) is 0 Å². The van der Waals surface area contributed by atoms with Crippen molar-refractivity contribution in [3.63, 3.8) is 0 Å². The average molecular weight is 425 g/mol. The van der Waals surface area contributed by atoms with Gasteiger partial charge >= 0.3 is 0 Å². The number of rotatable bonds is 6. The maximum atomic E-state index is 9.99. The zero-order chi connectivity index (χ0) is 22.4. The van der Waals surface area contributed by atoms with Gasteiger partial charge in [0.2, 0.25) is 0 Å². The summed E-state index contributed by atoms with van der Waals surface area (Å²) in [7, 11) is -3.56. The molecular weight excluding hydrogens is 380 g/mol. The van der Waals surface area contributed by atoms with Crippen LogP contribution in [0.25, 0.3) is 0 Å². The minimum Gasteiger partial charge on any atom is -0.413 e. The normalized spacial score (nSPS) is 15.4. The molecule has 0 heterocycles. The zero-order valence-corrected chi connectivity index (χ0v) is 22.4. The fourth-order valence-corrected chi connectivity index (χ4v) is 4.96. The van der Waals surface area contributed by atoms with Crippen LogP contribution >= 0.6 is 0 Å². The molecule has 0 aromatic heterocycles. The van der Waals surface area contributed by atoms with Crippen molar-refractivity contribution in [3.05, 3.63) is 0 Å². The van der Waals surface area contributed by atoms with E-state index >= 15 is 0 Å². The molecule has 0 aromatic carbocycles. The Hall–Kier alpha value is -0.566. The molecule has 0 aromatic rings. The Bertz CT molecular complexity index is 550.